The summed E-state index contributed by atoms with van der Waals surface area (Å²) >= 11 is 5.34. The van der Waals surface area contributed by atoms with Gasteiger partial charge in [-0.15, -0.1) is 0 Å². The number of anilines is 1. The van der Waals surface area contributed by atoms with Crippen molar-refractivity contribution in [1.82, 2.24) is 5.32 Å². The summed E-state index contributed by atoms with van der Waals surface area (Å²) in [6.45, 7) is 5.68. The van der Waals surface area contributed by atoms with E-state index < -0.39 is 0 Å². The summed E-state index contributed by atoms with van der Waals surface area (Å²) in [4.78, 5) is 13.1. The van der Waals surface area contributed by atoms with E-state index in [-0.39, 0.29) is 11.3 Å². The fourth-order valence-corrected chi connectivity index (χ4v) is 2.20. The summed E-state index contributed by atoms with van der Waals surface area (Å²) in [5.74, 6) is 0.0672. The lowest BCUT2D eigenvalue weighted by Gasteiger charge is -2.34. The van der Waals surface area contributed by atoms with Crippen molar-refractivity contribution in [2.45, 2.75) is 26.3 Å². The molecule has 0 fully saturated rings. The fraction of sp³-hybridized carbons (Fsp3) is 0.286. The van der Waals surface area contributed by atoms with Gasteiger partial charge in [-0.05, 0) is 63.3 Å². The lowest BCUT2D eigenvalue weighted by molar-refractivity contribution is 0.101. The lowest BCUT2D eigenvalue weighted by atomic mass is 10.0. The standard InChI is InChI=1S/C14H16N2OS/c1-10(17)11-4-6-12(7-5-11)16-9-8-14(2,3)15-13(16)18/h4-9H,1-3H3,(H,15,18). The monoisotopic (exact) mass is 260 g/mol. The third-order valence-corrected chi connectivity index (χ3v) is 3.14. The van der Waals surface area contributed by atoms with Gasteiger partial charge in [-0.25, -0.2) is 0 Å². The molecular weight excluding hydrogens is 244 g/mol. The Labute approximate surface area is 112 Å². The van der Waals surface area contributed by atoms with Crippen LogP contribution in [0.2, 0.25) is 0 Å². The number of thiocarbonyl (C=S) groups is 1. The van der Waals surface area contributed by atoms with Crippen molar-refractivity contribution in [3.8, 4) is 0 Å². The van der Waals surface area contributed by atoms with Crippen molar-refractivity contribution in [2.24, 2.45) is 0 Å². The van der Waals surface area contributed by atoms with E-state index in [0.29, 0.717) is 10.7 Å². The van der Waals surface area contributed by atoms with Gasteiger partial charge in [0.1, 0.15) is 0 Å². The predicted molar refractivity (Wildman–Crippen MR) is 77.9 cm³/mol. The van der Waals surface area contributed by atoms with Crippen LogP contribution in [0.4, 0.5) is 5.69 Å². The normalized spacial score (nSPS) is 17.5. The van der Waals surface area contributed by atoms with Gasteiger partial charge in [-0.1, -0.05) is 0 Å². The van der Waals surface area contributed by atoms with E-state index in [2.05, 4.69) is 25.2 Å². The topological polar surface area (TPSA) is 32.3 Å². The summed E-state index contributed by atoms with van der Waals surface area (Å²) in [6.07, 6.45) is 4.02. The fourth-order valence-electron chi connectivity index (χ4n) is 1.77. The first kappa shape index (κ1) is 12.8. The number of ketones is 1. The Morgan fingerprint density at radius 1 is 1.28 bits per heavy atom. The maximum atomic E-state index is 11.2. The van der Waals surface area contributed by atoms with Crippen LogP contribution in [-0.4, -0.2) is 16.4 Å². The van der Waals surface area contributed by atoms with Crippen molar-refractivity contribution in [3.05, 3.63) is 42.1 Å². The van der Waals surface area contributed by atoms with E-state index >= 15 is 0 Å². The molecule has 0 amide bonds. The van der Waals surface area contributed by atoms with Gasteiger partial charge in [-0.2, -0.15) is 0 Å². The molecule has 3 nitrogen and oxygen atoms in total. The molecule has 0 saturated heterocycles. The zero-order valence-corrected chi connectivity index (χ0v) is 11.5. The molecule has 94 valence electrons. The van der Waals surface area contributed by atoms with Crippen LogP contribution < -0.4 is 10.2 Å². The number of nitrogens with one attached hydrogen (secondary N) is 1. The molecule has 0 unspecified atom stereocenters. The quantitative estimate of drug-likeness (QED) is 0.654. The van der Waals surface area contributed by atoms with Gasteiger partial charge in [-0.3, -0.25) is 9.69 Å². The molecule has 18 heavy (non-hydrogen) atoms. The average molecular weight is 260 g/mol. The van der Waals surface area contributed by atoms with E-state index in [9.17, 15) is 4.79 Å². The first-order valence-electron chi connectivity index (χ1n) is 5.81. The van der Waals surface area contributed by atoms with Crippen molar-refractivity contribution < 1.29 is 4.79 Å². The Balaban J connectivity index is 2.27. The second-order valence-electron chi connectivity index (χ2n) is 4.94. The van der Waals surface area contributed by atoms with Gasteiger partial charge in [0, 0.05) is 17.5 Å². The molecule has 0 aliphatic carbocycles. The number of rotatable bonds is 2. The van der Waals surface area contributed by atoms with Gasteiger partial charge in [0.05, 0.1) is 5.54 Å². The van der Waals surface area contributed by atoms with Crippen LogP contribution in [-0.2, 0) is 0 Å². The highest BCUT2D eigenvalue weighted by Gasteiger charge is 2.23. The molecule has 2 rings (SSSR count). The average Bonchev–Trinajstić information content (AvgIpc) is 2.28. The molecule has 0 atom stereocenters. The lowest BCUT2D eigenvalue weighted by Crippen LogP contribution is -2.51. The third kappa shape index (κ3) is 2.59. The van der Waals surface area contributed by atoms with E-state index in [1.807, 2.05) is 35.4 Å². The molecule has 0 bridgehead atoms. The minimum absolute atomic E-state index is 0.0672. The number of Topliss-reactive ketones (excluding diaryl/α,β-unsaturated/α-hetero) is 1. The number of carbonyl (C=O) groups excluding carboxylic acids is 1. The van der Waals surface area contributed by atoms with Crippen molar-refractivity contribution in [3.63, 3.8) is 0 Å². The van der Waals surface area contributed by atoms with E-state index in [0.717, 1.165) is 5.69 Å². The first-order chi connectivity index (χ1) is 8.39. The number of benzene rings is 1. The molecule has 0 radical (unpaired) electrons. The number of hydrogen-bond donors (Lipinski definition) is 1. The van der Waals surface area contributed by atoms with Gasteiger partial charge >= 0.3 is 0 Å². The van der Waals surface area contributed by atoms with Crippen LogP contribution in [0.15, 0.2) is 36.5 Å². The molecule has 1 heterocycles. The molecule has 0 aromatic heterocycles. The van der Waals surface area contributed by atoms with Crippen LogP contribution in [0, 0.1) is 0 Å². The minimum atomic E-state index is -0.118. The summed E-state index contributed by atoms with van der Waals surface area (Å²) in [5.41, 5.74) is 1.54. The summed E-state index contributed by atoms with van der Waals surface area (Å²) in [7, 11) is 0. The van der Waals surface area contributed by atoms with Crippen LogP contribution in [0.5, 0.6) is 0 Å². The molecule has 0 spiro atoms. The number of hydrogen-bond acceptors (Lipinski definition) is 2. The van der Waals surface area contributed by atoms with Crippen LogP contribution in [0.3, 0.4) is 0 Å². The SMILES string of the molecule is CC(=O)c1ccc(N2C=CC(C)(C)NC2=S)cc1. The largest absolute Gasteiger partial charge is 0.354 e. The molecule has 1 aromatic rings. The summed E-state index contributed by atoms with van der Waals surface area (Å²) in [5, 5.41) is 3.91. The smallest absolute Gasteiger partial charge is 0.178 e. The highest BCUT2D eigenvalue weighted by atomic mass is 32.1. The highest BCUT2D eigenvalue weighted by Crippen LogP contribution is 2.21. The highest BCUT2D eigenvalue weighted by molar-refractivity contribution is 7.80. The maximum absolute atomic E-state index is 11.2. The van der Waals surface area contributed by atoms with E-state index in [1.165, 1.54) is 0 Å². The summed E-state index contributed by atoms with van der Waals surface area (Å²) in [6, 6.07) is 7.42. The predicted octanol–water partition coefficient (Wildman–Crippen LogP) is 2.88. The van der Waals surface area contributed by atoms with Gasteiger partial charge < -0.3 is 5.32 Å². The Bertz CT molecular complexity index is 517. The molecular formula is C14H16N2OS. The van der Waals surface area contributed by atoms with E-state index in [1.54, 1.807) is 6.92 Å². The van der Waals surface area contributed by atoms with Crippen molar-refractivity contribution in [1.29, 1.82) is 0 Å². The van der Waals surface area contributed by atoms with Crippen LogP contribution in [0.25, 0.3) is 0 Å². The van der Waals surface area contributed by atoms with Crippen molar-refractivity contribution in [2.75, 3.05) is 4.90 Å². The second kappa shape index (κ2) is 4.53. The Hall–Kier alpha value is -1.68. The Kier molecular flexibility index (Phi) is 3.22. The Morgan fingerprint density at radius 3 is 2.39 bits per heavy atom. The zero-order valence-electron chi connectivity index (χ0n) is 10.7. The van der Waals surface area contributed by atoms with Gasteiger partial charge in [0.2, 0.25) is 0 Å². The zero-order chi connectivity index (χ0) is 13.3. The Morgan fingerprint density at radius 2 is 1.89 bits per heavy atom. The second-order valence-corrected chi connectivity index (χ2v) is 5.33. The number of nitrogens with zero attached hydrogens (tertiary/aromatic N) is 1. The van der Waals surface area contributed by atoms with Gasteiger partial charge in [0.15, 0.2) is 10.9 Å². The van der Waals surface area contributed by atoms with Gasteiger partial charge in [0.25, 0.3) is 0 Å². The maximum Gasteiger partial charge on any atom is 0.178 e. The van der Waals surface area contributed by atoms with Crippen molar-refractivity contribution >= 4 is 28.8 Å². The van der Waals surface area contributed by atoms with E-state index in [4.69, 9.17) is 12.2 Å². The molecule has 1 aliphatic rings. The molecule has 1 aromatic carbocycles. The molecule has 0 saturated carbocycles. The number of carbonyl (C=O) groups is 1. The molecule has 1 N–H and O–H groups in total. The summed E-state index contributed by atoms with van der Waals surface area (Å²) < 4.78 is 0. The first-order valence-corrected chi connectivity index (χ1v) is 6.22. The van der Waals surface area contributed by atoms with Crippen LogP contribution >= 0.6 is 12.2 Å². The molecule has 1 aliphatic heterocycles. The molecule has 4 heteroatoms. The third-order valence-electron chi connectivity index (χ3n) is 2.84. The minimum Gasteiger partial charge on any atom is -0.354 e. The van der Waals surface area contributed by atoms with Crippen LogP contribution in [0.1, 0.15) is 31.1 Å².